The highest BCUT2D eigenvalue weighted by atomic mass is 32.2. The molecule has 4 N–H and O–H groups in total. The van der Waals surface area contributed by atoms with E-state index in [-0.39, 0.29) is 5.13 Å². The number of amides is 2. The third-order valence-corrected chi connectivity index (χ3v) is 4.02. The average molecular weight is 293 g/mol. The van der Waals surface area contributed by atoms with Crippen molar-refractivity contribution in [2.75, 3.05) is 4.90 Å². The normalized spacial score (nSPS) is 11.6. The number of rotatable bonds is 3. The Labute approximate surface area is 107 Å². The Hall–Kier alpha value is -1.59. The van der Waals surface area contributed by atoms with Crippen molar-refractivity contribution in [1.82, 2.24) is 10.2 Å². The lowest BCUT2D eigenvalue weighted by Crippen LogP contribution is -2.44. The van der Waals surface area contributed by atoms with Gasteiger partial charge >= 0.3 is 11.8 Å². The van der Waals surface area contributed by atoms with Crippen LogP contribution in [0.4, 0.5) is 5.13 Å². The second-order valence-corrected chi connectivity index (χ2v) is 6.22. The van der Waals surface area contributed by atoms with E-state index >= 15 is 0 Å². The molecular weight excluding hydrogens is 282 g/mol. The average Bonchev–Trinajstić information content (AvgIpc) is 2.65. The number of nitrogens with zero attached hydrogens (tertiary/aromatic N) is 3. The molecule has 0 radical (unpaired) electrons. The highest BCUT2D eigenvalue weighted by Gasteiger charge is 2.28. The molecule has 0 fully saturated rings. The van der Waals surface area contributed by atoms with Gasteiger partial charge in [-0.25, -0.2) is 13.6 Å². The number of hydrogen-bond acceptors (Lipinski definition) is 7. The van der Waals surface area contributed by atoms with Crippen LogP contribution in [-0.2, 0) is 19.6 Å². The van der Waals surface area contributed by atoms with Crippen LogP contribution in [-0.4, -0.2) is 36.5 Å². The van der Waals surface area contributed by atoms with Crippen molar-refractivity contribution in [3.63, 3.8) is 0 Å². The van der Waals surface area contributed by atoms with Gasteiger partial charge in [-0.2, -0.15) is 0 Å². The molecule has 2 amide bonds. The summed E-state index contributed by atoms with van der Waals surface area (Å²) < 4.78 is 21.6. The standard InChI is InChI=1S/C7H11N5O4S2/c1-3(2)12(5(14)4(8)13)6-10-11-7(17-6)18(9,15)16/h3H,1-2H3,(H2,8,13)(H2,9,15,16). The second kappa shape index (κ2) is 4.96. The van der Waals surface area contributed by atoms with Crippen molar-refractivity contribution < 1.29 is 18.0 Å². The van der Waals surface area contributed by atoms with Gasteiger partial charge < -0.3 is 5.73 Å². The molecule has 9 nitrogen and oxygen atoms in total. The third kappa shape index (κ3) is 3.00. The Balaban J connectivity index is 3.20. The van der Waals surface area contributed by atoms with Crippen molar-refractivity contribution in [1.29, 1.82) is 0 Å². The number of nitrogens with two attached hydrogens (primary N) is 2. The predicted molar refractivity (Wildman–Crippen MR) is 63.1 cm³/mol. The molecule has 1 aromatic rings. The summed E-state index contributed by atoms with van der Waals surface area (Å²) in [6.07, 6.45) is 0. The molecule has 0 aliphatic rings. The van der Waals surface area contributed by atoms with Gasteiger partial charge in [-0.1, -0.05) is 11.3 Å². The minimum atomic E-state index is -4.00. The quantitative estimate of drug-likeness (QED) is 0.507. The minimum absolute atomic E-state index is 0.0576. The van der Waals surface area contributed by atoms with Crippen LogP contribution >= 0.6 is 11.3 Å². The summed E-state index contributed by atoms with van der Waals surface area (Å²) in [4.78, 5) is 23.4. The SMILES string of the molecule is CC(C)N(C(=O)C(N)=O)c1nnc(S(N)(=O)=O)s1. The minimum Gasteiger partial charge on any atom is -0.361 e. The zero-order valence-corrected chi connectivity index (χ0v) is 11.2. The van der Waals surface area contributed by atoms with Crippen molar-refractivity contribution in [3.05, 3.63) is 0 Å². The maximum absolute atomic E-state index is 11.6. The van der Waals surface area contributed by atoms with Gasteiger partial charge in [-0.15, -0.1) is 10.2 Å². The summed E-state index contributed by atoms with van der Waals surface area (Å²) in [6.45, 7) is 3.22. The summed E-state index contributed by atoms with van der Waals surface area (Å²) >= 11 is 0.584. The van der Waals surface area contributed by atoms with Gasteiger partial charge in [0.2, 0.25) is 9.47 Å². The fourth-order valence-corrected chi connectivity index (χ4v) is 2.63. The lowest BCUT2D eigenvalue weighted by Gasteiger charge is -2.21. The van der Waals surface area contributed by atoms with E-state index in [0.717, 1.165) is 4.90 Å². The van der Waals surface area contributed by atoms with E-state index in [1.54, 1.807) is 13.8 Å². The van der Waals surface area contributed by atoms with Gasteiger partial charge in [0.1, 0.15) is 0 Å². The highest BCUT2D eigenvalue weighted by Crippen LogP contribution is 2.24. The van der Waals surface area contributed by atoms with Crippen LogP contribution < -0.4 is 15.8 Å². The maximum Gasteiger partial charge on any atom is 0.318 e. The Morgan fingerprint density at radius 1 is 1.33 bits per heavy atom. The lowest BCUT2D eigenvalue weighted by molar-refractivity contribution is -0.135. The maximum atomic E-state index is 11.6. The molecule has 1 aromatic heterocycles. The molecule has 0 bridgehead atoms. The first-order valence-electron chi connectivity index (χ1n) is 4.64. The smallest absolute Gasteiger partial charge is 0.318 e. The van der Waals surface area contributed by atoms with Crippen LogP contribution in [0.3, 0.4) is 0 Å². The summed E-state index contributed by atoms with van der Waals surface area (Å²) in [6, 6.07) is -0.439. The lowest BCUT2D eigenvalue weighted by atomic mass is 10.3. The van der Waals surface area contributed by atoms with Crippen molar-refractivity contribution in [2.45, 2.75) is 24.2 Å². The van der Waals surface area contributed by atoms with Crippen LogP contribution in [0.2, 0.25) is 0 Å². The fraction of sp³-hybridized carbons (Fsp3) is 0.429. The Morgan fingerprint density at radius 2 is 1.89 bits per heavy atom. The second-order valence-electron chi connectivity index (χ2n) is 3.53. The Kier molecular flexibility index (Phi) is 3.98. The van der Waals surface area contributed by atoms with E-state index in [9.17, 15) is 18.0 Å². The number of primary amides is 1. The molecule has 100 valence electrons. The number of sulfonamides is 1. The third-order valence-electron chi connectivity index (χ3n) is 1.79. The van der Waals surface area contributed by atoms with Crippen LogP contribution in [0.5, 0.6) is 0 Å². The van der Waals surface area contributed by atoms with E-state index in [0.29, 0.717) is 11.3 Å². The number of hydrogen-bond donors (Lipinski definition) is 2. The largest absolute Gasteiger partial charge is 0.361 e. The molecule has 0 aliphatic carbocycles. The first-order valence-corrected chi connectivity index (χ1v) is 7.00. The van der Waals surface area contributed by atoms with E-state index in [2.05, 4.69) is 10.2 Å². The molecule has 1 heterocycles. The van der Waals surface area contributed by atoms with Gasteiger partial charge in [0.25, 0.3) is 10.0 Å². The predicted octanol–water partition coefficient (Wildman–Crippen LogP) is -1.59. The number of carbonyl (C=O) groups is 2. The van der Waals surface area contributed by atoms with Gasteiger partial charge in [-0.05, 0) is 13.8 Å². The highest BCUT2D eigenvalue weighted by molar-refractivity contribution is 7.91. The summed E-state index contributed by atoms with van der Waals surface area (Å²) in [5.74, 6) is -2.17. The van der Waals surface area contributed by atoms with Crippen molar-refractivity contribution in [3.8, 4) is 0 Å². The zero-order chi connectivity index (χ0) is 14.1. The first kappa shape index (κ1) is 14.5. The fourth-order valence-electron chi connectivity index (χ4n) is 1.08. The summed E-state index contributed by atoms with van der Waals surface area (Å²) in [5.41, 5.74) is 4.89. The van der Waals surface area contributed by atoms with Crippen LogP contribution in [0.25, 0.3) is 0 Å². The number of anilines is 1. The number of primary sulfonamides is 1. The molecular formula is C7H11N5O4S2. The van der Waals surface area contributed by atoms with Crippen molar-refractivity contribution >= 4 is 38.3 Å². The monoisotopic (exact) mass is 293 g/mol. The molecule has 11 heteroatoms. The molecule has 0 spiro atoms. The summed E-state index contributed by atoms with van der Waals surface area (Å²) in [7, 11) is -4.00. The Morgan fingerprint density at radius 3 is 2.22 bits per heavy atom. The Bertz CT molecular complexity index is 578. The molecule has 0 saturated heterocycles. The van der Waals surface area contributed by atoms with E-state index in [4.69, 9.17) is 10.9 Å². The molecule has 0 aromatic carbocycles. The van der Waals surface area contributed by atoms with Crippen LogP contribution in [0.15, 0.2) is 4.34 Å². The topological polar surface area (TPSA) is 149 Å². The first-order chi connectivity index (χ1) is 8.14. The number of aromatic nitrogens is 2. The number of carbonyl (C=O) groups excluding carboxylic acids is 2. The van der Waals surface area contributed by atoms with Crippen molar-refractivity contribution in [2.24, 2.45) is 10.9 Å². The van der Waals surface area contributed by atoms with Crippen LogP contribution in [0, 0.1) is 0 Å². The zero-order valence-electron chi connectivity index (χ0n) is 9.52. The van der Waals surface area contributed by atoms with Gasteiger partial charge in [0, 0.05) is 6.04 Å². The van der Waals surface area contributed by atoms with E-state index in [1.807, 2.05) is 0 Å². The van der Waals surface area contributed by atoms with Crippen LogP contribution in [0.1, 0.15) is 13.8 Å². The molecule has 0 unspecified atom stereocenters. The van der Waals surface area contributed by atoms with E-state index < -0.39 is 32.2 Å². The van der Waals surface area contributed by atoms with Gasteiger partial charge in [0.05, 0.1) is 0 Å². The molecule has 0 saturated carbocycles. The van der Waals surface area contributed by atoms with E-state index in [1.165, 1.54) is 0 Å². The molecule has 18 heavy (non-hydrogen) atoms. The van der Waals surface area contributed by atoms with Gasteiger partial charge in [0.15, 0.2) is 0 Å². The molecule has 1 rings (SSSR count). The van der Waals surface area contributed by atoms with Gasteiger partial charge in [-0.3, -0.25) is 14.5 Å². The summed E-state index contributed by atoms with van der Waals surface area (Å²) in [5, 5.41) is 11.7. The molecule has 0 atom stereocenters. The molecule has 0 aliphatic heterocycles.